The number of rotatable bonds is 5. The maximum atomic E-state index is 12.8. The highest BCUT2D eigenvalue weighted by atomic mass is 16.7. The normalized spacial score (nSPS) is 23.0. The summed E-state index contributed by atoms with van der Waals surface area (Å²) >= 11 is 0. The van der Waals surface area contributed by atoms with Crippen LogP contribution in [0.1, 0.15) is 22.6 Å². The Balaban J connectivity index is 1.76. The molecule has 31 heavy (non-hydrogen) atoms. The summed E-state index contributed by atoms with van der Waals surface area (Å²) in [7, 11) is 6.33. The highest BCUT2D eigenvalue weighted by molar-refractivity contribution is 5.79. The number of cyclic esters (lactones) is 1. The van der Waals surface area contributed by atoms with Crippen LogP contribution in [0, 0.1) is 11.8 Å². The zero-order valence-electron chi connectivity index (χ0n) is 17.9. The van der Waals surface area contributed by atoms with Crippen molar-refractivity contribution >= 4 is 5.97 Å². The average molecular weight is 428 g/mol. The average Bonchev–Trinajstić information content (AvgIpc) is 3.41. The first-order valence-electron chi connectivity index (χ1n) is 10.1. The summed E-state index contributed by atoms with van der Waals surface area (Å²) < 4.78 is 39.2. The van der Waals surface area contributed by atoms with E-state index in [1.807, 2.05) is 18.2 Å². The van der Waals surface area contributed by atoms with Crippen LogP contribution in [-0.4, -0.2) is 47.8 Å². The maximum absolute atomic E-state index is 12.8. The Morgan fingerprint density at radius 2 is 1.58 bits per heavy atom. The molecule has 0 unspecified atom stereocenters. The fourth-order valence-corrected chi connectivity index (χ4v) is 5.07. The Bertz CT molecular complexity index is 1020. The molecule has 2 heterocycles. The molecule has 164 valence electrons. The first kappa shape index (κ1) is 19.7. The van der Waals surface area contributed by atoms with Crippen molar-refractivity contribution in [1.82, 2.24) is 0 Å². The van der Waals surface area contributed by atoms with E-state index >= 15 is 0 Å². The molecule has 0 bridgehead atoms. The topological polar surface area (TPSA) is 81.7 Å². The number of carbonyl (C=O) groups excluding carboxylic acids is 1. The second-order valence-electron chi connectivity index (χ2n) is 7.77. The molecule has 2 aromatic rings. The Hall–Kier alpha value is -3.29. The summed E-state index contributed by atoms with van der Waals surface area (Å²) in [6.07, 6.45) is 0.659. The van der Waals surface area contributed by atoms with Crippen LogP contribution in [-0.2, 0) is 16.0 Å². The second kappa shape index (κ2) is 7.44. The van der Waals surface area contributed by atoms with Crippen LogP contribution in [0.15, 0.2) is 18.2 Å². The van der Waals surface area contributed by atoms with E-state index in [0.29, 0.717) is 47.5 Å². The van der Waals surface area contributed by atoms with Gasteiger partial charge in [0, 0.05) is 17.4 Å². The van der Waals surface area contributed by atoms with Crippen molar-refractivity contribution in [1.29, 1.82) is 0 Å². The maximum Gasteiger partial charge on any atom is 0.310 e. The zero-order chi connectivity index (χ0) is 21.7. The molecule has 3 aliphatic rings. The summed E-state index contributed by atoms with van der Waals surface area (Å²) in [5.74, 6) is 2.62. The van der Waals surface area contributed by atoms with Gasteiger partial charge in [-0.2, -0.15) is 0 Å². The number of hydrogen-bond donors (Lipinski definition) is 0. The minimum atomic E-state index is -0.333. The molecule has 0 aromatic heterocycles. The van der Waals surface area contributed by atoms with Gasteiger partial charge in [-0.1, -0.05) is 0 Å². The van der Waals surface area contributed by atoms with Crippen molar-refractivity contribution in [2.24, 2.45) is 11.8 Å². The van der Waals surface area contributed by atoms with Gasteiger partial charge in [-0.25, -0.2) is 0 Å². The summed E-state index contributed by atoms with van der Waals surface area (Å²) in [4.78, 5) is 12.8. The molecule has 0 spiro atoms. The Morgan fingerprint density at radius 1 is 0.871 bits per heavy atom. The molecule has 2 aromatic carbocycles. The number of hydrogen-bond acceptors (Lipinski definition) is 8. The lowest BCUT2D eigenvalue weighted by atomic mass is 9.67. The lowest BCUT2D eigenvalue weighted by Crippen LogP contribution is -2.32. The number of methoxy groups -OCH3 is 4. The van der Waals surface area contributed by atoms with E-state index in [4.69, 9.17) is 33.2 Å². The number of carbonyl (C=O) groups is 1. The first-order valence-corrected chi connectivity index (χ1v) is 10.1. The minimum Gasteiger partial charge on any atom is -0.493 e. The SMILES string of the molecule is COc1cc([C@@H]2c3cc4c(c(OC)c3C[C@H]3COC(=O)[C@H]32)OCO4)cc(OC)c1OC. The highest BCUT2D eigenvalue weighted by Gasteiger charge is 2.49. The van der Waals surface area contributed by atoms with Crippen molar-refractivity contribution in [2.75, 3.05) is 41.8 Å². The Morgan fingerprint density at radius 3 is 2.23 bits per heavy atom. The fourth-order valence-electron chi connectivity index (χ4n) is 5.07. The number of benzene rings is 2. The predicted octanol–water partition coefficient (Wildman–Crippen LogP) is 2.93. The third-order valence-electron chi connectivity index (χ3n) is 6.39. The molecule has 8 nitrogen and oxygen atoms in total. The van der Waals surface area contributed by atoms with Gasteiger partial charge in [-0.05, 0) is 35.7 Å². The lowest BCUT2D eigenvalue weighted by molar-refractivity contribution is -0.141. The third-order valence-corrected chi connectivity index (χ3v) is 6.39. The van der Waals surface area contributed by atoms with Crippen molar-refractivity contribution < 1.29 is 38.0 Å². The van der Waals surface area contributed by atoms with Crippen LogP contribution in [0.4, 0.5) is 0 Å². The van der Waals surface area contributed by atoms with E-state index in [9.17, 15) is 4.79 Å². The molecule has 2 aliphatic heterocycles. The molecule has 1 fully saturated rings. The largest absolute Gasteiger partial charge is 0.493 e. The monoisotopic (exact) mass is 428 g/mol. The van der Waals surface area contributed by atoms with Gasteiger partial charge in [0.15, 0.2) is 23.0 Å². The molecule has 0 saturated carbocycles. The van der Waals surface area contributed by atoms with Crippen LogP contribution in [0.25, 0.3) is 0 Å². The van der Waals surface area contributed by atoms with E-state index in [2.05, 4.69) is 0 Å². The molecule has 0 amide bonds. The van der Waals surface area contributed by atoms with Crippen molar-refractivity contribution in [3.05, 3.63) is 34.9 Å². The van der Waals surface area contributed by atoms with E-state index in [-0.39, 0.29) is 30.5 Å². The molecule has 1 saturated heterocycles. The van der Waals surface area contributed by atoms with Crippen LogP contribution in [0.2, 0.25) is 0 Å². The van der Waals surface area contributed by atoms with E-state index in [1.165, 1.54) is 0 Å². The second-order valence-corrected chi connectivity index (χ2v) is 7.77. The summed E-state index contributed by atoms with van der Waals surface area (Å²) in [5, 5.41) is 0. The molecule has 0 radical (unpaired) electrons. The van der Waals surface area contributed by atoms with Crippen molar-refractivity contribution in [2.45, 2.75) is 12.3 Å². The van der Waals surface area contributed by atoms with E-state index in [0.717, 1.165) is 16.7 Å². The highest BCUT2D eigenvalue weighted by Crippen LogP contribution is 2.56. The number of ether oxygens (including phenoxy) is 7. The van der Waals surface area contributed by atoms with Crippen LogP contribution in [0.3, 0.4) is 0 Å². The first-order chi connectivity index (χ1) is 15.1. The molecular formula is C23H24O8. The summed E-state index contributed by atoms with van der Waals surface area (Å²) in [5.41, 5.74) is 2.82. The number of fused-ring (bicyclic) bond motifs is 3. The summed E-state index contributed by atoms with van der Waals surface area (Å²) in [6.45, 7) is 0.514. The molecule has 5 rings (SSSR count). The molecular weight excluding hydrogens is 404 g/mol. The summed E-state index contributed by atoms with van der Waals surface area (Å²) in [6, 6.07) is 5.73. The third kappa shape index (κ3) is 2.85. The van der Waals surface area contributed by atoms with Gasteiger partial charge in [-0.3, -0.25) is 4.79 Å². The van der Waals surface area contributed by atoms with Gasteiger partial charge in [-0.15, -0.1) is 0 Å². The van der Waals surface area contributed by atoms with Crippen molar-refractivity contribution in [3.63, 3.8) is 0 Å². The van der Waals surface area contributed by atoms with E-state index in [1.54, 1.807) is 28.4 Å². The minimum absolute atomic E-state index is 0.0263. The van der Waals surface area contributed by atoms with E-state index < -0.39 is 0 Å². The van der Waals surface area contributed by atoms with Gasteiger partial charge >= 0.3 is 5.97 Å². The van der Waals surface area contributed by atoms with Crippen LogP contribution >= 0.6 is 0 Å². The van der Waals surface area contributed by atoms with Gasteiger partial charge in [0.25, 0.3) is 0 Å². The smallest absolute Gasteiger partial charge is 0.310 e. The Kier molecular flexibility index (Phi) is 4.72. The molecule has 3 atom stereocenters. The van der Waals surface area contributed by atoms with Crippen molar-refractivity contribution in [3.8, 4) is 34.5 Å². The predicted molar refractivity (Wildman–Crippen MR) is 109 cm³/mol. The number of esters is 1. The standard InChI is InChI=1S/C23H24O8/c1-25-15-6-11(7-16(26-2)21(15)28-4)18-13-8-17-22(31-10-30-17)20(27-3)14(13)5-12-9-29-23(24)19(12)18/h6-8,12,18-19H,5,9-10H2,1-4H3/t12-,18+,19+/m0/s1. The van der Waals surface area contributed by atoms with Crippen LogP contribution < -0.4 is 28.4 Å². The Labute approximate surface area is 179 Å². The zero-order valence-corrected chi connectivity index (χ0v) is 17.9. The fraction of sp³-hybridized carbons (Fsp3) is 0.435. The van der Waals surface area contributed by atoms with Crippen LogP contribution in [0.5, 0.6) is 34.5 Å². The molecule has 0 N–H and O–H groups in total. The molecule has 8 heteroatoms. The van der Waals surface area contributed by atoms with Gasteiger partial charge in [0.05, 0.1) is 41.0 Å². The van der Waals surface area contributed by atoms with Gasteiger partial charge in [0.1, 0.15) is 0 Å². The van der Waals surface area contributed by atoms with Gasteiger partial charge in [0.2, 0.25) is 18.3 Å². The lowest BCUT2D eigenvalue weighted by Gasteiger charge is -2.34. The molecule has 1 aliphatic carbocycles. The van der Waals surface area contributed by atoms with Gasteiger partial charge < -0.3 is 33.2 Å². The quantitative estimate of drug-likeness (QED) is 0.673.